The molecule has 0 unspecified atom stereocenters. The Morgan fingerprint density at radius 1 is 1.37 bits per heavy atom. The highest BCUT2D eigenvalue weighted by Gasteiger charge is 2.15. The maximum atomic E-state index is 9.64. The monoisotopic (exact) mass is 342 g/mol. The van der Waals surface area contributed by atoms with Crippen LogP contribution in [-0.4, -0.2) is 20.0 Å². The third-order valence-electron chi connectivity index (χ3n) is 2.30. The van der Waals surface area contributed by atoms with Crippen LogP contribution < -0.4 is 0 Å². The van der Waals surface area contributed by atoms with Crippen LogP contribution in [0.2, 0.25) is 0 Å². The number of nitrogens with zero attached hydrogens (tertiary/aromatic N) is 2. The first kappa shape index (κ1) is 14.4. The number of phenolic OH excluding ortho intramolecular Hbond substituents is 1. The second-order valence-corrected chi connectivity index (χ2v) is 7.74. The van der Waals surface area contributed by atoms with Gasteiger partial charge in [0.05, 0.1) is 10.2 Å². The largest absolute Gasteiger partial charge is 0.507 e. The Kier molecular flexibility index (Phi) is 4.20. The number of benzene rings is 1. The van der Waals surface area contributed by atoms with E-state index >= 15 is 0 Å². The van der Waals surface area contributed by atoms with Gasteiger partial charge in [-0.15, -0.1) is 11.8 Å². The van der Waals surface area contributed by atoms with Crippen molar-refractivity contribution in [3.63, 3.8) is 0 Å². The molecule has 19 heavy (non-hydrogen) atoms. The predicted molar refractivity (Wildman–Crippen MR) is 80.1 cm³/mol. The Balaban J connectivity index is 2.14. The highest BCUT2D eigenvalue weighted by Crippen LogP contribution is 2.30. The molecular weight excluding hydrogens is 328 g/mol. The summed E-state index contributed by atoms with van der Waals surface area (Å²) in [5.41, 5.74) is 0.709. The van der Waals surface area contributed by atoms with Crippen molar-refractivity contribution in [2.24, 2.45) is 0 Å². The molecule has 0 aliphatic rings. The number of phenols is 1. The smallest absolute Gasteiger partial charge is 0.258 e. The molecule has 0 spiro atoms. The lowest BCUT2D eigenvalue weighted by molar-refractivity contribution is 0.424. The van der Waals surface area contributed by atoms with Gasteiger partial charge in [0.15, 0.2) is 5.82 Å². The van der Waals surface area contributed by atoms with E-state index in [1.807, 2.05) is 6.07 Å². The minimum atomic E-state index is 0.154. The number of hydrogen-bond acceptors (Lipinski definition) is 5. The molecule has 0 atom stereocenters. The standard InChI is InChI=1S/C13H15BrN2O2S/c1-13(2,3)19-7-11-15-12(18-16-11)8-4-5-9(14)10(17)6-8/h4-6,17H,7H2,1-3H3. The summed E-state index contributed by atoms with van der Waals surface area (Å²) in [6.45, 7) is 6.43. The quantitative estimate of drug-likeness (QED) is 0.903. The van der Waals surface area contributed by atoms with Crippen LogP contribution in [0, 0.1) is 0 Å². The van der Waals surface area contributed by atoms with Gasteiger partial charge in [-0.2, -0.15) is 4.98 Å². The van der Waals surface area contributed by atoms with Crippen molar-refractivity contribution >= 4 is 27.7 Å². The number of aromatic hydroxyl groups is 1. The van der Waals surface area contributed by atoms with Crippen molar-refractivity contribution in [1.82, 2.24) is 10.1 Å². The van der Waals surface area contributed by atoms with Crippen LogP contribution in [0.3, 0.4) is 0 Å². The molecule has 0 aliphatic carbocycles. The summed E-state index contributed by atoms with van der Waals surface area (Å²) in [5, 5.41) is 13.6. The summed E-state index contributed by atoms with van der Waals surface area (Å²) in [6.07, 6.45) is 0. The predicted octanol–water partition coefficient (Wildman–Crippen LogP) is 4.24. The molecule has 6 heteroatoms. The third-order valence-corrected chi connectivity index (χ3v) is 4.23. The molecule has 0 amide bonds. The first-order valence-corrected chi connectivity index (χ1v) is 7.58. The van der Waals surface area contributed by atoms with E-state index < -0.39 is 0 Å². The summed E-state index contributed by atoms with van der Waals surface area (Å²) in [7, 11) is 0. The number of aromatic nitrogens is 2. The van der Waals surface area contributed by atoms with Crippen LogP contribution in [0.25, 0.3) is 11.5 Å². The Hall–Kier alpha value is -1.01. The van der Waals surface area contributed by atoms with Gasteiger partial charge in [-0.1, -0.05) is 25.9 Å². The maximum Gasteiger partial charge on any atom is 0.258 e. The minimum Gasteiger partial charge on any atom is -0.507 e. The number of thioether (sulfide) groups is 1. The van der Waals surface area contributed by atoms with Gasteiger partial charge in [0.2, 0.25) is 0 Å². The van der Waals surface area contributed by atoms with Crippen molar-refractivity contribution in [3.05, 3.63) is 28.5 Å². The van der Waals surface area contributed by atoms with Gasteiger partial charge >= 0.3 is 0 Å². The molecule has 0 saturated carbocycles. The van der Waals surface area contributed by atoms with Crippen molar-refractivity contribution in [1.29, 1.82) is 0 Å². The van der Waals surface area contributed by atoms with Crippen molar-refractivity contribution < 1.29 is 9.63 Å². The van der Waals surface area contributed by atoms with Crippen LogP contribution >= 0.6 is 27.7 Å². The topological polar surface area (TPSA) is 59.2 Å². The molecule has 0 aliphatic heterocycles. The van der Waals surface area contributed by atoms with Crippen molar-refractivity contribution in [3.8, 4) is 17.2 Å². The molecule has 0 radical (unpaired) electrons. The van der Waals surface area contributed by atoms with Crippen LogP contribution in [0.5, 0.6) is 5.75 Å². The molecule has 0 saturated heterocycles. The van der Waals surface area contributed by atoms with Crippen LogP contribution in [0.4, 0.5) is 0 Å². The van der Waals surface area contributed by atoms with E-state index in [1.165, 1.54) is 0 Å². The zero-order chi connectivity index (χ0) is 14.0. The summed E-state index contributed by atoms with van der Waals surface area (Å²) in [5.74, 6) is 1.95. The zero-order valence-electron chi connectivity index (χ0n) is 11.0. The van der Waals surface area contributed by atoms with Crippen LogP contribution in [0.15, 0.2) is 27.2 Å². The number of hydrogen-bond donors (Lipinski definition) is 1. The Bertz CT molecular complexity index is 578. The van der Waals surface area contributed by atoms with Crippen molar-refractivity contribution in [2.45, 2.75) is 31.3 Å². The lowest BCUT2D eigenvalue weighted by Gasteiger charge is -2.15. The van der Waals surface area contributed by atoms with E-state index in [2.05, 4.69) is 46.8 Å². The average Bonchev–Trinajstić information content (AvgIpc) is 2.78. The van der Waals surface area contributed by atoms with Gasteiger partial charge < -0.3 is 9.63 Å². The normalized spacial score (nSPS) is 11.8. The summed E-state index contributed by atoms with van der Waals surface area (Å²) in [6, 6.07) is 5.16. The lowest BCUT2D eigenvalue weighted by Crippen LogP contribution is -2.07. The molecule has 1 N–H and O–H groups in total. The molecule has 1 aromatic heterocycles. The summed E-state index contributed by atoms with van der Waals surface area (Å²) < 4.78 is 6.01. The van der Waals surface area contributed by atoms with Gasteiger partial charge in [0.25, 0.3) is 5.89 Å². The Morgan fingerprint density at radius 3 is 2.74 bits per heavy atom. The van der Waals surface area contributed by atoms with Crippen LogP contribution in [-0.2, 0) is 5.75 Å². The maximum absolute atomic E-state index is 9.64. The second kappa shape index (κ2) is 5.54. The van der Waals surface area contributed by atoms with Gasteiger partial charge in [-0.05, 0) is 34.1 Å². The first-order valence-electron chi connectivity index (χ1n) is 5.80. The third kappa shape index (κ3) is 3.98. The van der Waals surface area contributed by atoms with E-state index in [0.717, 1.165) is 0 Å². The van der Waals surface area contributed by atoms with E-state index in [0.29, 0.717) is 27.5 Å². The average molecular weight is 343 g/mol. The molecule has 2 rings (SSSR count). The zero-order valence-corrected chi connectivity index (χ0v) is 13.4. The van der Waals surface area contributed by atoms with Crippen LogP contribution in [0.1, 0.15) is 26.6 Å². The molecule has 1 aromatic carbocycles. The summed E-state index contributed by atoms with van der Waals surface area (Å²) in [4.78, 5) is 4.33. The highest BCUT2D eigenvalue weighted by molar-refractivity contribution is 9.10. The number of halogens is 1. The number of rotatable bonds is 3. The fourth-order valence-corrected chi connectivity index (χ4v) is 2.28. The Morgan fingerprint density at radius 2 is 2.11 bits per heavy atom. The second-order valence-electron chi connectivity index (χ2n) is 5.08. The highest BCUT2D eigenvalue weighted by atomic mass is 79.9. The molecular formula is C13H15BrN2O2S. The minimum absolute atomic E-state index is 0.154. The molecule has 2 aromatic rings. The van der Waals surface area contributed by atoms with Crippen molar-refractivity contribution in [2.75, 3.05) is 0 Å². The van der Waals surface area contributed by atoms with E-state index in [9.17, 15) is 5.11 Å². The SMILES string of the molecule is CC(C)(C)SCc1noc(-c2ccc(Br)c(O)c2)n1. The van der Waals surface area contributed by atoms with E-state index in [-0.39, 0.29) is 10.5 Å². The van der Waals surface area contributed by atoms with E-state index in [1.54, 1.807) is 23.9 Å². The van der Waals surface area contributed by atoms with Gasteiger partial charge in [-0.25, -0.2) is 0 Å². The van der Waals surface area contributed by atoms with E-state index in [4.69, 9.17) is 4.52 Å². The first-order chi connectivity index (χ1) is 8.85. The molecule has 4 nitrogen and oxygen atoms in total. The molecule has 1 heterocycles. The fourth-order valence-electron chi connectivity index (χ4n) is 1.36. The molecule has 0 fully saturated rings. The lowest BCUT2D eigenvalue weighted by atomic mass is 10.2. The Labute approximate surface area is 124 Å². The fraction of sp³-hybridized carbons (Fsp3) is 0.385. The van der Waals surface area contributed by atoms with Gasteiger partial charge in [-0.3, -0.25) is 0 Å². The molecule has 102 valence electrons. The molecule has 0 bridgehead atoms. The van der Waals surface area contributed by atoms with Gasteiger partial charge in [0, 0.05) is 10.3 Å². The summed E-state index contributed by atoms with van der Waals surface area (Å²) >= 11 is 4.99. The van der Waals surface area contributed by atoms with Gasteiger partial charge in [0.1, 0.15) is 5.75 Å².